The number of hydrogen-bond donors (Lipinski definition) is 2. The van der Waals surface area contributed by atoms with Crippen molar-refractivity contribution < 1.29 is 9.59 Å². The number of pyridine rings is 1. The number of carbonyl (C=O) groups excluding carboxylic acids is 2. The predicted octanol–water partition coefficient (Wildman–Crippen LogP) is 4.65. The maximum Gasteiger partial charge on any atom is 0.243 e. The Morgan fingerprint density at radius 1 is 0.972 bits per heavy atom. The third-order valence-corrected chi connectivity index (χ3v) is 6.99. The van der Waals surface area contributed by atoms with E-state index in [0.29, 0.717) is 31.7 Å². The second-order valence-electron chi connectivity index (χ2n) is 9.29. The van der Waals surface area contributed by atoms with Crippen LogP contribution >= 0.6 is 0 Å². The molecule has 2 heterocycles. The molecule has 1 aromatic heterocycles. The summed E-state index contributed by atoms with van der Waals surface area (Å²) < 4.78 is 0. The van der Waals surface area contributed by atoms with E-state index in [4.69, 9.17) is 5.73 Å². The molecule has 0 bridgehead atoms. The first-order valence-corrected chi connectivity index (χ1v) is 12.4. The predicted molar refractivity (Wildman–Crippen MR) is 142 cm³/mol. The second kappa shape index (κ2) is 10.6. The maximum atomic E-state index is 13.5. The molecule has 0 saturated carbocycles. The molecular formula is C30H30N4O2. The smallest absolute Gasteiger partial charge is 0.243 e. The first-order valence-electron chi connectivity index (χ1n) is 12.4. The third-order valence-electron chi connectivity index (χ3n) is 6.99. The molecule has 6 nitrogen and oxygen atoms in total. The van der Waals surface area contributed by atoms with Gasteiger partial charge in [0.2, 0.25) is 11.8 Å². The van der Waals surface area contributed by atoms with Gasteiger partial charge < -0.3 is 16.0 Å². The number of likely N-dealkylation sites (tertiary alicyclic amines) is 1. The molecule has 4 aromatic rings. The van der Waals surface area contributed by atoms with E-state index >= 15 is 0 Å². The van der Waals surface area contributed by atoms with E-state index in [1.54, 1.807) is 11.1 Å². The Balaban J connectivity index is 1.27. The van der Waals surface area contributed by atoms with Gasteiger partial charge in [-0.05, 0) is 47.1 Å². The molecule has 0 unspecified atom stereocenters. The van der Waals surface area contributed by atoms with Gasteiger partial charge >= 0.3 is 0 Å². The van der Waals surface area contributed by atoms with Gasteiger partial charge in [0.1, 0.15) is 11.9 Å². The Kier molecular flexibility index (Phi) is 6.94. The van der Waals surface area contributed by atoms with Crippen molar-refractivity contribution in [3.63, 3.8) is 0 Å². The number of benzene rings is 3. The lowest BCUT2D eigenvalue weighted by Crippen LogP contribution is -2.46. The van der Waals surface area contributed by atoms with Crippen molar-refractivity contribution in [2.45, 2.75) is 37.8 Å². The van der Waals surface area contributed by atoms with Crippen LogP contribution in [0.1, 0.15) is 41.9 Å². The quantitative estimate of drug-likeness (QED) is 0.405. The summed E-state index contributed by atoms with van der Waals surface area (Å²) in [6.45, 7) is 0.976. The summed E-state index contributed by atoms with van der Waals surface area (Å²) in [5.74, 6) is 0.312. The van der Waals surface area contributed by atoms with E-state index in [1.165, 1.54) is 0 Å². The molecule has 6 heteroatoms. The monoisotopic (exact) mass is 478 g/mol. The lowest BCUT2D eigenvalue weighted by Gasteiger charge is -2.27. The highest BCUT2D eigenvalue weighted by Crippen LogP contribution is 2.30. The minimum Gasteiger partial charge on any atom is -0.383 e. The molecule has 0 spiro atoms. The van der Waals surface area contributed by atoms with Crippen molar-refractivity contribution in [1.29, 1.82) is 0 Å². The highest BCUT2D eigenvalue weighted by Gasteiger charge is 2.35. The molecule has 1 aliphatic rings. The van der Waals surface area contributed by atoms with Crippen molar-refractivity contribution >= 4 is 28.4 Å². The van der Waals surface area contributed by atoms with Crippen LogP contribution in [0, 0.1) is 0 Å². The summed E-state index contributed by atoms with van der Waals surface area (Å²) >= 11 is 0. The number of fused-ring (bicyclic) bond motifs is 1. The topological polar surface area (TPSA) is 88.3 Å². The van der Waals surface area contributed by atoms with Crippen LogP contribution in [0.3, 0.4) is 0 Å². The lowest BCUT2D eigenvalue weighted by molar-refractivity contribution is -0.138. The number of nitrogens with zero attached hydrogens (tertiary/aromatic N) is 2. The zero-order valence-electron chi connectivity index (χ0n) is 20.1. The normalized spacial score (nSPS) is 15.4. The van der Waals surface area contributed by atoms with Crippen LogP contribution in [-0.2, 0) is 16.1 Å². The van der Waals surface area contributed by atoms with Crippen LogP contribution in [0.4, 0.5) is 5.82 Å². The average Bonchev–Trinajstić information content (AvgIpc) is 3.42. The Bertz CT molecular complexity index is 1320. The Morgan fingerprint density at radius 3 is 2.36 bits per heavy atom. The van der Waals surface area contributed by atoms with Gasteiger partial charge in [0.05, 0.1) is 0 Å². The van der Waals surface area contributed by atoms with Gasteiger partial charge in [0.25, 0.3) is 0 Å². The summed E-state index contributed by atoms with van der Waals surface area (Å²) in [5.41, 5.74) is 9.16. The third kappa shape index (κ3) is 5.08. The first-order chi connectivity index (χ1) is 17.6. The number of anilines is 1. The van der Waals surface area contributed by atoms with Crippen molar-refractivity contribution in [3.05, 3.63) is 108 Å². The molecule has 182 valence electrons. The Labute approximate surface area is 211 Å². The summed E-state index contributed by atoms with van der Waals surface area (Å²) in [4.78, 5) is 32.6. The van der Waals surface area contributed by atoms with Gasteiger partial charge in [-0.2, -0.15) is 0 Å². The largest absolute Gasteiger partial charge is 0.383 e. The highest BCUT2D eigenvalue weighted by molar-refractivity contribution is 5.91. The van der Waals surface area contributed by atoms with Gasteiger partial charge in [-0.3, -0.25) is 9.59 Å². The standard InChI is InChI=1S/C30H30N4O2/c31-29-26-18-21(13-14-24(26)15-16-32-29)20-33-30(36)27-12-7-17-34(27)28(35)19-25(22-8-3-1-4-9-22)23-10-5-2-6-11-23/h1-6,8-11,13-16,18,25,27H,7,12,17,19-20H2,(H2,31,32)(H,33,36)/t27-/m0/s1. The molecule has 2 amide bonds. The van der Waals surface area contributed by atoms with Crippen molar-refractivity contribution in [1.82, 2.24) is 15.2 Å². The van der Waals surface area contributed by atoms with E-state index in [1.807, 2.05) is 60.7 Å². The number of aromatic nitrogens is 1. The summed E-state index contributed by atoms with van der Waals surface area (Å²) in [6, 6.07) is 27.6. The van der Waals surface area contributed by atoms with Crippen LogP contribution in [0.2, 0.25) is 0 Å². The van der Waals surface area contributed by atoms with Crippen LogP contribution in [0.5, 0.6) is 0 Å². The van der Waals surface area contributed by atoms with E-state index in [9.17, 15) is 9.59 Å². The summed E-state index contributed by atoms with van der Waals surface area (Å²) in [5, 5.41) is 4.91. The van der Waals surface area contributed by atoms with Gasteiger partial charge in [0, 0.05) is 37.0 Å². The second-order valence-corrected chi connectivity index (χ2v) is 9.29. The summed E-state index contributed by atoms with van der Waals surface area (Å²) in [7, 11) is 0. The molecule has 1 fully saturated rings. The van der Waals surface area contributed by atoms with E-state index < -0.39 is 6.04 Å². The van der Waals surface area contributed by atoms with E-state index in [0.717, 1.165) is 33.9 Å². The first kappa shape index (κ1) is 23.5. The van der Waals surface area contributed by atoms with Crippen molar-refractivity contribution in [3.8, 4) is 0 Å². The Morgan fingerprint density at radius 2 is 1.67 bits per heavy atom. The fourth-order valence-corrected chi connectivity index (χ4v) is 5.08. The molecule has 1 atom stereocenters. The minimum atomic E-state index is -0.447. The van der Waals surface area contributed by atoms with Crippen molar-refractivity contribution in [2.75, 3.05) is 12.3 Å². The molecule has 0 aliphatic carbocycles. The van der Waals surface area contributed by atoms with E-state index in [2.05, 4.69) is 34.6 Å². The number of nitrogens with two attached hydrogens (primary N) is 1. The molecular weight excluding hydrogens is 448 g/mol. The molecule has 36 heavy (non-hydrogen) atoms. The van der Waals surface area contributed by atoms with Gasteiger partial charge in [-0.15, -0.1) is 0 Å². The molecule has 0 radical (unpaired) electrons. The van der Waals surface area contributed by atoms with Gasteiger partial charge in [0.15, 0.2) is 0 Å². The number of nitrogens with one attached hydrogen (secondary N) is 1. The summed E-state index contributed by atoms with van der Waals surface area (Å²) in [6.07, 6.45) is 3.51. The van der Waals surface area contributed by atoms with E-state index in [-0.39, 0.29) is 17.7 Å². The fourth-order valence-electron chi connectivity index (χ4n) is 5.08. The van der Waals surface area contributed by atoms with Crippen molar-refractivity contribution in [2.24, 2.45) is 0 Å². The van der Waals surface area contributed by atoms with Gasteiger partial charge in [-0.25, -0.2) is 4.98 Å². The molecule has 1 saturated heterocycles. The number of carbonyl (C=O) groups is 2. The lowest BCUT2D eigenvalue weighted by atomic mass is 9.88. The molecule has 5 rings (SSSR count). The van der Waals surface area contributed by atoms with Crippen LogP contribution < -0.4 is 11.1 Å². The minimum absolute atomic E-state index is 0.00918. The number of nitrogen functional groups attached to an aromatic ring is 1. The van der Waals surface area contributed by atoms with Crippen LogP contribution in [0.15, 0.2) is 91.1 Å². The zero-order valence-corrected chi connectivity index (χ0v) is 20.1. The SMILES string of the molecule is Nc1nccc2ccc(CNC(=O)[C@@H]3CCCN3C(=O)CC(c3ccccc3)c3ccccc3)cc12. The number of hydrogen-bond acceptors (Lipinski definition) is 4. The molecule has 1 aliphatic heterocycles. The average molecular weight is 479 g/mol. The van der Waals surface area contributed by atoms with Crippen LogP contribution in [0.25, 0.3) is 10.8 Å². The van der Waals surface area contributed by atoms with Crippen LogP contribution in [-0.4, -0.2) is 34.3 Å². The van der Waals surface area contributed by atoms with Gasteiger partial charge in [-0.1, -0.05) is 72.8 Å². The maximum absolute atomic E-state index is 13.5. The zero-order chi connectivity index (χ0) is 24.9. The highest BCUT2D eigenvalue weighted by atomic mass is 16.2. The Hall–Kier alpha value is -4.19. The fraction of sp³-hybridized carbons (Fsp3) is 0.233. The molecule has 3 aromatic carbocycles. The number of rotatable bonds is 7. The molecule has 3 N–H and O–H groups in total. The number of amides is 2.